The number of halogens is 2. The lowest BCUT2D eigenvalue weighted by Crippen LogP contribution is -2.43. The predicted octanol–water partition coefficient (Wildman–Crippen LogP) is 2.40. The highest BCUT2D eigenvalue weighted by Crippen LogP contribution is 2.43. The minimum atomic E-state index is -0.842. The van der Waals surface area contributed by atoms with Crippen molar-refractivity contribution in [3.8, 4) is 0 Å². The van der Waals surface area contributed by atoms with E-state index in [1.54, 1.807) is 32.2 Å². The number of rotatable bonds is 2. The Morgan fingerprint density at radius 3 is 2.48 bits per heavy atom. The molecule has 9 heteroatoms. The van der Waals surface area contributed by atoms with Gasteiger partial charge in [0.25, 0.3) is 5.56 Å². The largest absolute Gasteiger partial charge is 0.466 e. The van der Waals surface area contributed by atoms with Gasteiger partial charge >= 0.3 is 11.7 Å². The summed E-state index contributed by atoms with van der Waals surface area (Å²) in [6.07, 6.45) is 0. The van der Waals surface area contributed by atoms with Gasteiger partial charge in [0.05, 0.1) is 34.2 Å². The van der Waals surface area contributed by atoms with E-state index >= 15 is 0 Å². The van der Waals surface area contributed by atoms with Crippen LogP contribution >= 0.6 is 23.2 Å². The first-order valence-electron chi connectivity index (χ1n) is 8.00. The summed E-state index contributed by atoms with van der Waals surface area (Å²) in [5.74, 6) is -1.15. The van der Waals surface area contributed by atoms with Crippen LogP contribution in [0.25, 0.3) is 0 Å². The van der Waals surface area contributed by atoms with E-state index in [1.165, 1.54) is 18.7 Å². The van der Waals surface area contributed by atoms with Crippen molar-refractivity contribution in [2.24, 2.45) is 14.1 Å². The summed E-state index contributed by atoms with van der Waals surface area (Å²) in [6, 6.07) is 4.99. The summed E-state index contributed by atoms with van der Waals surface area (Å²) in [7, 11) is 4.18. The SMILES string of the molecule is COC(=O)C1=C(C)Nc2c(c(=O)n(C)c(=O)n2C)C1c1cccc(Cl)c1Cl. The summed E-state index contributed by atoms with van der Waals surface area (Å²) in [4.78, 5) is 37.9. The Morgan fingerprint density at radius 1 is 1.19 bits per heavy atom. The minimum absolute atomic E-state index is 0.217. The van der Waals surface area contributed by atoms with Gasteiger partial charge in [-0.05, 0) is 18.6 Å². The molecule has 142 valence electrons. The summed E-state index contributed by atoms with van der Waals surface area (Å²) in [6.45, 7) is 1.67. The number of benzene rings is 1. The number of ether oxygens (including phenoxy) is 1. The van der Waals surface area contributed by atoms with Crippen LogP contribution in [-0.2, 0) is 23.6 Å². The van der Waals surface area contributed by atoms with Gasteiger partial charge in [-0.3, -0.25) is 13.9 Å². The highest BCUT2D eigenvalue weighted by molar-refractivity contribution is 6.42. The van der Waals surface area contributed by atoms with Crippen molar-refractivity contribution in [2.45, 2.75) is 12.8 Å². The fourth-order valence-corrected chi connectivity index (χ4v) is 3.74. The molecule has 0 spiro atoms. The predicted molar refractivity (Wildman–Crippen MR) is 104 cm³/mol. The number of methoxy groups -OCH3 is 1. The Kier molecular flexibility index (Phi) is 4.92. The number of carbonyl (C=O) groups is 1. The normalized spacial score (nSPS) is 16.0. The Hall–Kier alpha value is -2.51. The van der Waals surface area contributed by atoms with Gasteiger partial charge in [0.1, 0.15) is 5.82 Å². The molecule has 0 fully saturated rings. The number of carbonyl (C=O) groups excluding carboxylic acids is 1. The summed E-state index contributed by atoms with van der Waals surface area (Å²) in [5.41, 5.74) is 0.354. The molecular formula is C18H17Cl2N3O4. The number of aromatic nitrogens is 2. The van der Waals surface area contributed by atoms with E-state index in [1.807, 2.05) is 0 Å². The zero-order chi connectivity index (χ0) is 20.0. The van der Waals surface area contributed by atoms with Crippen LogP contribution in [0.15, 0.2) is 39.1 Å². The lowest BCUT2D eigenvalue weighted by Gasteiger charge is -2.31. The van der Waals surface area contributed by atoms with Crippen LogP contribution in [0, 0.1) is 0 Å². The van der Waals surface area contributed by atoms with E-state index in [9.17, 15) is 14.4 Å². The molecule has 0 bridgehead atoms. The second kappa shape index (κ2) is 6.90. The van der Waals surface area contributed by atoms with Crippen molar-refractivity contribution in [1.82, 2.24) is 9.13 Å². The molecule has 0 saturated heterocycles. The smallest absolute Gasteiger partial charge is 0.336 e. The summed E-state index contributed by atoms with van der Waals surface area (Å²) >= 11 is 12.6. The van der Waals surface area contributed by atoms with Gasteiger partial charge < -0.3 is 10.1 Å². The minimum Gasteiger partial charge on any atom is -0.466 e. The van der Waals surface area contributed by atoms with Crippen LogP contribution in [0.1, 0.15) is 24.0 Å². The third-order valence-corrected chi connectivity index (χ3v) is 5.52. The third kappa shape index (κ3) is 2.87. The number of hydrogen-bond acceptors (Lipinski definition) is 5. The Labute approximate surface area is 164 Å². The van der Waals surface area contributed by atoms with Crippen LogP contribution in [0.5, 0.6) is 0 Å². The summed E-state index contributed by atoms with van der Waals surface area (Å²) in [5, 5.41) is 3.50. The number of esters is 1. The van der Waals surface area contributed by atoms with Gasteiger partial charge in [-0.1, -0.05) is 35.3 Å². The molecule has 0 radical (unpaired) electrons. The molecule has 1 aliphatic heterocycles. The van der Waals surface area contributed by atoms with E-state index < -0.39 is 23.1 Å². The first kappa shape index (κ1) is 19.3. The molecule has 0 saturated carbocycles. The highest BCUT2D eigenvalue weighted by atomic mass is 35.5. The molecule has 7 nitrogen and oxygen atoms in total. The van der Waals surface area contributed by atoms with Crippen LogP contribution < -0.4 is 16.6 Å². The van der Waals surface area contributed by atoms with Crippen molar-refractivity contribution in [2.75, 3.05) is 12.4 Å². The fourth-order valence-electron chi connectivity index (χ4n) is 3.32. The molecular weight excluding hydrogens is 393 g/mol. The summed E-state index contributed by atoms with van der Waals surface area (Å²) < 4.78 is 7.24. The maximum atomic E-state index is 13.0. The number of anilines is 1. The van der Waals surface area contributed by atoms with Crippen LogP contribution in [0.4, 0.5) is 5.82 Å². The van der Waals surface area contributed by atoms with Crippen molar-refractivity contribution in [3.63, 3.8) is 0 Å². The van der Waals surface area contributed by atoms with Gasteiger partial charge in [0, 0.05) is 19.8 Å². The van der Waals surface area contributed by atoms with E-state index in [4.69, 9.17) is 27.9 Å². The van der Waals surface area contributed by atoms with Gasteiger partial charge in [0.2, 0.25) is 0 Å². The first-order chi connectivity index (χ1) is 12.7. The maximum Gasteiger partial charge on any atom is 0.336 e. The zero-order valence-electron chi connectivity index (χ0n) is 15.1. The van der Waals surface area contributed by atoms with Crippen molar-refractivity contribution < 1.29 is 9.53 Å². The molecule has 0 amide bonds. The van der Waals surface area contributed by atoms with Gasteiger partial charge in [-0.2, -0.15) is 0 Å². The molecule has 1 aromatic heterocycles. The van der Waals surface area contributed by atoms with Crippen LogP contribution in [0.2, 0.25) is 10.0 Å². The lowest BCUT2D eigenvalue weighted by molar-refractivity contribution is -0.136. The monoisotopic (exact) mass is 409 g/mol. The maximum absolute atomic E-state index is 13.0. The first-order valence-corrected chi connectivity index (χ1v) is 8.76. The van der Waals surface area contributed by atoms with Gasteiger partial charge in [0.15, 0.2) is 0 Å². The number of allylic oxidation sites excluding steroid dienone is 1. The molecule has 2 heterocycles. The Morgan fingerprint density at radius 2 is 1.85 bits per heavy atom. The molecule has 1 aliphatic rings. The Balaban J connectivity index is 2.48. The van der Waals surface area contributed by atoms with E-state index in [-0.39, 0.29) is 21.2 Å². The average molecular weight is 410 g/mol. The second-order valence-corrected chi connectivity index (χ2v) is 6.98. The zero-order valence-corrected chi connectivity index (χ0v) is 16.6. The van der Waals surface area contributed by atoms with Crippen molar-refractivity contribution >= 4 is 35.0 Å². The van der Waals surface area contributed by atoms with Crippen LogP contribution in [-0.4, -0.2) is 22.2 Å². The highest BCUT2D eigenvalue weighted by Gasteiger charge is 2.38. The van der Waals surface area contributed by atoms with Crippen LogP contribution in [0.3, 0.4) is 0 Å². The third-order valence-electron chi connectivity index (χ3n) is 4.68. The topological polar surface area (TPSA) is 82.3 Å². The molecule has 0 aliphatic carbocycles. The van der Waals surface area contributed by atoms with E-state index in [2.05, 4.69) is 5.32 Å². The lowest BCUT2D eigenvalue weighted by atomic mass is 9.82. The number of fused-ring (bicyclic) bond motifs is 1. The average Bonchev–Trinajstić information content (AvgIpc) is 2.65. The number of nitrogens with one attached hydrogen (secondary N) is 1. The molecule has 2 aromatic rings. The van der Waals surface area contributed by atoms with Gasteiger partial charge in [-0.15, -0.1) is 0 Å². The van der Waals surface area contributed by atoms with Gasteiger partial charge in [-0.25, -0.2) is 9.59 Å². The fraction of sp³-hybridized carbons (Fsp3) is 0.278. The van der Waals surface area contributed by atoms with E-state index in [0.717, 1.165) is 4.57 Å². The Bertz CT molecular complexity index is 1110. The van der Waals surface area contributed by atoms with E-state index in [0.29, 0.717) is 17.1 Å². The molecule has 27 heavy (non-hydrogen) atoms. The van der Waals surface area contributed by atoms with Crippen molar-refractivity contribution in [1.29, 1.82) is 0 Å². The molecule has 3 rings (SSSR count). The number of hydrogen-bond donors (Lipinski definition) is 1. The quantitative estimate of drug-likeness (QED) is 0.769. The molecule has 1 unspecified atom stereocenters. The molecule has 1 N–H and O–H groups in total. The van der Waals surface area contributed by atoms with Crippen molar-refractivity contribution in [3.05, 3.63) is 71.5 Å². The number of nitrogens with zero attached hydrogens (tertiary/aromatic N) is 2. The molecule has 1 aromatic carbocycles. The standard InChI is InChI=1S/C18H17Cl2N3O4/c1-8-11(17(25)27-4)12(9-6-5-7-10(19)14(9)20)13-15(21-8)22(2)18(26)23(3)16(13)24/h5-7,12,21H,1-4H3. The second-order valence-electron chi connectivity index (χ2n) is 6.20. The molecule has 1 atom stereocenters.